The molecule has 0 aliphatic heterocycles. The first-order valence-electron chi connectivity index (χ1n) is 3.16. The van der Waals surface area contributed by atoms with Crippen molar-refractivity contribution in [3.8, 4) is 0 Å². The zero-order valence-corrected chi connectivity index (χ0v) is 7.14. The van der Waals surface area contributed by atoms with Crippen LogP contribution in [-0.4, -0.2) is 20.6 Å². The maximum atomic E-state index is 5.58. The fraction of sp³-hybridized carbons (Fsp3) is 0.333. The maximum Gasteiger partial charge on any atom is 0.210 e. The van der Waals surface area contributed by atoms with Crippen LogP contribution in [0, 0.1) is 6.92 Å². The summed E-state index contributed by atoms with van der Waals surface area (Å²) in [4.78, 5) is 0. The summed E-state index contributed by atoms with van der Waals surface area (Å²) < 4.78 is 1.47. The molecule has 0 aliphatic carbocycles. The summed E-state index contributed by atoms with van der Waals surface area (Å²) in [6.45, 7) is 5.40. The van der Waals surface area contributed by atoms with E-state index < -0.39 is 0 Å². The van der Waals surface area contributed by atoms with Gasteiger partial charge in [0, 0.05) is 5.75 Å². The molecule has 60 valence electrons. The minimum absolute atomic E-state index is 0.719. The Bertz CT molecular complexity index is 255. The highest BCUT2D eigenvalue weighted by atomic mass is 32.2. The number of hydrogen-bond acceptors (Lipinski definition) is 4. The zero-order chi connectivity index (χ0) is 8.27. The van der Waals surface area contributed by atoms with E-state index in [1.807, 2.05) is 6.92 Å². The fourth-order valence-corrected chi connectivity index (χ4v) is 1.22. The lowest BCUT2D eigenvalue weighted by Crippen LogP contribution is -2.11. The number of thioether (sulfide) groups is 1. The Hall–Kier alpha value is -0.970. The van der Waals surface area contributed by atoms with Gasteiger partial charge in [-0.1, -0.05) is 17.8 Å². The third kappa shape index (κ3) is 1.74. The van der Waals surface area contributed by atoms with E-state index in [1.54, 1.807) is 6.08 Å². The van der Waals surface area contributed by atoms with Crippen LogP contribution in [0.3, 0.4) is 0 Å². The van der Waals surface area contributed by atoms with Crippen LogP contribution in [0.25, 0.3) is 0 Å². The van der Waals surface area contributed by atoms with Crippen molar-refractivity contribution in [1.82, 2.24) is 14.9 Å². The van der Waals surface area contributed by atoms with Crippen LogP contribution in [0.1, 0.15) is 5.82 Å². The highest BCUT2D eigenvalue weighted by molar-refractivity contribution is 7.99. The largest absolute Gasteiger partial charge is 0.336 e. The third-order valence-electron chi connectivity index (χ3n) is 1.17. The number of nitrogens with zero attached hydrogens (tertiary/aromatic N) is 3. The lowest BCUT2D eigenvalue weighted by atomic mass is 10.7. The Labute approximate surface area is 69.5 Å². The molecule has 0 fully saturated rings. The summed E-state index contributed by atoms with van der Waals surface area (Å²) in [5, 5.41) is 8.38. The van der Waals surface area contributed by atoms with Gasteiger partial charge < -0.3 is 5.84 Å². The standard InChI is InChI=1S/C6H10N4S/c1-3-4-11-6-9-8-5(2)10(6)7/h3H,1,4,7H2,2H3. The van der Waals surface area contributed by atoms with Crippen LogP contribution in [0.5, 0.6) is 0 Å². The molecule has 0 atom stereocenters. The number of hydrogen-bond donors (Lipinski definition) is 1. The molecule has 0 aliphatic rings. The van der Waals surface area contributed by atoms with Crippen LogP contribution in [0.4, 0.5) is 0 Å². The predicted octanol–water partition coefficient (Wildman–Crippen LogP) is 0.578. The van der Waals surface area contributed by atoms with E-state index in [0.29, 0.717) is 0 Å². The first-order valence-corrected chi connectivity index (χ1v) is 4.15. The van der Waals surface area contributed by atoms with Crippen LogP contribution in [-0.2, 0) is 0 Å². The second-order valence-electron chi connectivity index (χ2n) is 2.00. The minimum Gasteiger partial charge on any atom is -0.336 e. The van der Waals surface area contributed by atoms with Crippen LogP contribution >= 0.6 is 11.8 Å². The molecule has 0 saturated carbocycles. The molecule has 0 bridgehead atoms. The molecule has 1 aromatic rings. The highest BCUT2D eigenvalue weighted by Gasteiger charge is 2.03. The number of rotatable bonds is 3. The first kappa shape index (κ1) is 8.13. The summed E-state index contributed by atoms with van der Waals surface area (Å²) in [5.74, 6) is 7.10. The van der Waals surface area contributed by atoms with Gasteiger partial charge in [-0.3, -0.25) is 0 Å². The van der Waals surface area contributed by atoms with Crippen molar-refractivity contribution in [1.29, 1.82) is 0 Å². The molecule has 4 nitrogen and oxygen atoms in total. The van der Waals surface area contributed by atoms with Gasteiger partial charge >= 0.3 is 0 Å². The fourth-order valence-electron chi connectivity index (χ4n) is 0.582. The number of aryl methyl sites for hydroxylation is 1. The van der Waals surface area contributed by atoms with Crippen molar-refractivity contribution in [2.75, 3.05) is 11.6 Å². The highest BCUT2D eigenvalue weighted by Crippen LogP contribution is 2.13. The summed E-state index contributed by atoms with van der Waals surface area (Å²) >= 11 is 1.51. The first-order chi connectivity index (χ1) is 5.25. The lowest BCUT2D eigenvalue weighted by Gasteiger charge is -1.96. The maximum absolute atomic E-state index is 5.58. The average molecular weight is 170 g/mol. The normalized spacial score (nSPS) is 9.91. The zero-order valence-electron chi connectivity index (χ0n) is 6.32. The lowest BCUT2D eigenvalue weighted by molar-refractivity contribution is 0.826. The van der Waals surface area contributed by atoms with Gasteiger partial charge in [0.1, 0.15) is 5.82 Å². The second-order valence-corrected chi connectivity index (χ2v) is 2.99. The predicted molar refractivity (Wildman–Crippen MR) is 45.8 cm³/mol. The monoisotopic (exact) mass is 170 g/mol. The van der Waals surface area contributed by atoms with E-state index in [-0.39, 0.29) is 0 Å². The van der Waals surface area contributed by atoms with Gasteiger partial charge in [0.25, 0.3) is 0 Å². The molecule has 1 heterocycles. The molecule has 0 unspecified atom stereocenters. The molecule has 11 heavy (non-hydrogen) atoms. The van der Waals surface area contributed by atoms with Gasteiger partial charge in [0.15, 0.2) is 0 Å². The van der Waals surface area contributed by atoms with Crippen molar-refractivity contribution < 1.29 is 0 Å². The van der Waals surface area contributed by atoms with Crippen molar-refractivity contribution in [3.05, 3.63) is 18.5 Å². The van der Waals surface area contributed by atoms with E-state index in [1.165, 1.54) is 16.4 Å². The van der Waals surface area contributed by atoms with Crippen molar-refractivity contribution in [2.24, 2.45) is 0 Å². The van der Waals surface area contributed by atoms with E-state index in [4.69, 9.17) is 5.84 Å². The Balaban J connectivity index is 2.70. The molecule has 1 aromatic heterocycles. The Morgan fingerprint density at radius 3 is 2.91 bits per heavy atom. The average Bonchev–Trinajstić information content (AvgIpc) is 2.31. The molecule has 5 heteroatoms. The number of aromatic nitrogens is 3. The summed E-state index contributed by atoms with van der Waals surface area (Å²) in [5.41, 5.74) is 0. The topological polar surface area (TPSA) is 56.7 Å². The number of nitrogen functional groups attached to an aromatic ring is 1. The van der Waals surface area contributed by atoms with Crippen molar-refractivity contribution in [2.45, 2.75) is 12.1 Å². The second kappa shape index (κ2) is 3.43. The summed E-state index contributed by atoms with van der Waals surface area (Å²) in [6.07, 6.45) is 1.80. The molecular weight excluding hydrogens is 160 g/mol. The van der Waals surface area contributed by atoms with Gasteiger partial charge in [-0.25, -0.2) is 4.68 Å². The van der Waals surface area contributed by atoms with Gasteiger partial charge in [-0.15, -0.1) is 16.8 Å². The minimum atomic E-state index is 0.719. The van der Waals surface area contributed by atoms with E-state index >= 15 is 0 Å². The molecule has 0 saturated heterocycles. The molecule has 2 N–H and O–H groups in total. The SMILES string of the molecule is C=CCSc1nnc(C)n1N. The molecular formula is C6H10N4S. The smallest absolute Gasteiger partial charge is 0.210 e. The van der Waals surface area contributed by atoms with Gasteiger partial charge in [0.2, 0.25) is 5.16 Å². The van der Waals surface area contributed by atoms with Gasteiger partial charge in [-0.05, 0) is 6.92 Å². The van der Waals surface area contributed by atoms with Crippen molar-refractivity contribution >= 4 is 11.8 Å². The van der Waals surface area contributed by atoms with E-state index in [9.17, 15) is 0 Å². The molecule has 0 radical (unpaired) electrons. The van der Waals surface area contributed by atoms with Crippen LogP contribution < -0.4 is 5.84 Å². The van der Waals surface area contributed by atoms with Crippen molar-refractivity contribution in [3.63, 3.8) is 0 Å². The van der Waals surface area contributed by atoms with Gasteiger partial charge in [0.05, 0.1) is 0 Å². The third-order valence-corrected chi connectivity index (χ3v) is 2.10. The molecule has 0 spiro atoms. The summed E-state index contributed by atoms with van der Waals surface area (Å²) in [6, 6.07) is 0. The molecule has 1 rings (SSSR count). The summed E-state index contributed by atoms with van der Waals surface area (Å²) in [7, 11) is 0. The molecule has 0 aromatic carbocycles. The van der Waals surface area contributed by atoms with E-state index in [2.05, 4.69) is 16.8 Å². The Morgan fingerprint density at radius 2 is 2.45 bits per heavy atom. The van der Waals surface area contributed by atoms with Gasteiger partial charge in [-0.2, -0.15) is 0 Å². The van der Waals surface area contributed by atoms with Crippen LogP contribution in [0.2, 0.25) is 0 Å². The van der Waals surface area contributed by atoms with Crippen LogP contribution in [0.15, 0.2) is 17.8 Å². The Morgan fingerprint density at radius 1 is 1.73 bits per heavy atom. The number of nitrogens with two attached hydrogens (primary N) is 1. The molecule has 0 amide bonds. The quantitative estimate of drug-likeness (QED) is 0.409. The van der Waals surface area contributed by atoms with E-state index in [0.717, 1.165) is 16.7 Å². The Kier molecular flexibility index (Phi) is 2.53.